The molecule has 0 unspecified atom stereocenters. The summed E-state index contributed by atoms with van der Waals surface area (Å²) >= 11 is 0. The maximum absolute atomic E-state index is 13.2. The molecule has 0 amide bonds. The van der Waals surface area contributed by atoms with E-state index in [1.54, 1.807) is 19.1 Å². The zero-order chi connectivity index (χ0) is 16.6. The molecule has 0 spiro atoms. The largest absolute Gasteiger partial charge is 0.753 e. The topological polar surface area (TPSA) is 46.4 Å². The van der Waals surface area contributed by atoms with Crippen molar-refractivity contribution in [1.82, 2.24) is 5.06 Å². The quantitative estimate of drug-likeness (QED) is 0.791. The summed E-state index contributed by atoms with van der Waals surface area (Å²) in [7, 11) is 0. The van der Waals surface area contributed by atoms with Crippen molar-refractivity contribution in [2.75, 3.05) is 0 Å². The van der Waals surface area contributed by atoms with Gasteiger partial charge in [-0.05, 0) is 42.8 Å². The Morgan fingerprint density at radius 3 is 2.30 bits per heavy atom. The van der Waals surface area contributed by atoms with E-state index in [1.165, 1.54) is 24.3 Å². The standard InChI is InChI=1S/C18H17FN2O2/c1-3-16-17(13-7-5-4-6-8-13)21(23)18(2,20(16)22)14-9-11-15(19)12-10-14/h4-12H,3H2,1-2H3/t18-/m0/s1. The van der Waals surface area contributed by atoms with Crippen LogP contribution in [-0.4, -0.2) is 9.82 Å². The van der Waals surface area contributed by atoms with Crippen molar-refractivity contribution < 1.29 is 9.15 Å². The van der Waals surface area contributed by atoms with E-state index in [-0.39, 0.29) is 0 Å². The highest BCUT2D eigenvalue weighted by atomic mass is 19.1. The molecule has 0 bridgehead atoms. The van der Waals surface area contributed by atoms with Crippen molar-refractivity contribution in [3.8, 4) is 0 Å². The Labute approximate surface area is 134 Å². The van der Waals surface area contributed by atoms with Gasteiger partial charge in [-0.3, -0.25) is 0 Å². The van der Waals surface area contributed by atoms with Crippen LogP contribution >= 0.6 is 0 Å². The zero-order valence-corrected chi connectivity index (χ0v) is 13.0. The highest BCUT2D eigenvalue weighted by Gasteiger charge is 2.54. The van der Waals surface area contributed by atoms with Gasteiger partial charge >= 0.3 is 5.66 Å². The van der Waals surface area contributed by atoms with Gasteiger partial charge in [0.2, 0.25) is 0 Å². The summed E-state index contributed by atoms with van der Waals surface area (Å²) in [6, 6.07) is 14.6. The van der Waals surface area contributed by atoms with E-state index < -0.39 is 11.5 Å². The van der Waals surface area contributed by atoms with Gasteiger partial charge in [0.15, 0.2) is 0 Å². The lowest BCUT2D eigenvalue weighted by Crippen LogP contribution is -2.41. The first-order chi connectivity index (χ1) is 11.0. The minimum atomic E-state index is -1.44. The van der Waals surface area contributed by atoms with Crippen molar-refractivity contribution in [2.45, 2.75) is 25.9 Å². The lowest BCUT2D eigenvalue weighted by atomic mass is 10.0. The van der Waals surface area contributed by atoms with Crippen LogP contribution in [0.3, 0.4) is 0 Å². The molecular formula is C18H17FN2O2. The normalized spacial score (nSPS) is 21.2. The number of nitrogens with zero attached hydrogens (tertiary/aromatic N) is 2. The van der Waals surface area contributed by atoms with Gasteiger partial charge in [0, 0.05) is 17.4 Å². The fourth-order valence-corrected chi connectivity index (χ4v) is 2.97. The molecule has 0 N–H and O–H groups in total. The van der Waals surface area contributed by atoms with Gasteiger partial charge in [-0.25, -0.2) is 4.39 Å². The maximum Gasteiger partial charge on any atom is 0.306 e. The number of nitroso groups, excluding NO2 is 1. The lowest BCUT2D eigenvalue weighted by molar-refractivity contribution is -0.565. The molecule has 118 valence electrons. The van der Waals surface area contributed by atoms with E-state index in [4.69, 9.17) is 0 Å². The number of rotatable bonds is 3. The highest BCUT2D eigenvalue weighted by molar-refractivity contribution is 5.64. The number of halogens is 1. The fraction of sp³-hybridized carbons (Fsp3) is 0.222. The Hall–Kier alpha value is -2.53. The Bertz CT molecular complexity index is 771. The number of hydroxylamine groups is 2. The molecule has 2 aromatic rings. The molecule has 0 fully saturated rings. The summed E-state index contributed by atoms with van der Waals surface area (Å²) in [5, 5.41) is 13.6. The molecule has 5 heteroatoms. The lowest BCUT2D eigenvalue weighted by Gasteiger charge is -2.35. The van der Waals surface area contributed by atoms with Gasteiger partial charge in [0.25, 0.3) is 5.70 Å². The van der Waals surface area contributed by atoms with Gasteiger partial charge in [0.1, 0.15) is 5.82 Å². The van der Waals surface area contributed by atoms with Crippen LogP contribution in [0.15, 0.2) is 60.3 Å². The van der Waals surface area contributed by atoms with Crippen molar-refractivity contribution in [2.24, 2.45) is 0 Å². The molecule has 23 heavy (non-hydrogen) atoms. The molecule has 0 radical (unpaired) electrons. The molecule has 0 saturated heterocycles. The van der Waals surface area contributed by atoms with Crippen molar-refractivity contribution in [3.63, 3.8) is 0 Å². The average molecular weight is 312 g/mol. The van der Waals surface area contributed by atoms with Gasteiger partial charge in [-0.2, -0.15) is 0 Å². The third-order valence-corrected chi connectivity index (χ3v) is 4.29. The number of benzene rings is 2. The van der Waals surface area contributed by atoms with Gasteiger partial charge in [-0.15, -0.1) is 0 Å². The third-order valence-electron chi connectivity index (χ3n) is 4.29. The Balaban J connectivity index is 2.14. The van der Waals surface area contributed by atoms with Crippen LogP contribution in [0.4, 0.5) is 4.39 Å². The number of hydrogen-bond donors (Lipinski definition) is 0. The van der Waals surface area contributed by atoms with Gasteiger partial charge in [-0.1, -0.05) is 25.1 Å². The Morgan fingerprint density at radius 1 is 1.13 bits per heavy atom. The molecule has 1 aliphatic heterocycles. The molecule has 1 heterocycles. The van der Waals surface area contributed by atoms with Crippen LogP contribution in [0.25, 0.3) is 5.70 Å². The summed E-state index contributed by atoms with van der Waals surface area (Å²) in [6.45, 7) is 3.40. The number of hydrogen-bond acceptors (Lipinski definition) is 3. The third kappa shape index (κ3) is 2.24. The van der Waals surface area contributed by atoms with Crippen LogP contribution in [0, 0.1) is 15.9 Å². The van der Waals surface area contributed by atoms with Crippen molar-refractivity contribution in [1.29, 1.82) is 0 Å². The van der Waals surface area contributed by atoms with E-state index in [0.29, 0.717) is 28.9 Å². The predicted octanol–water partition coefficient (Wildman–Crippen LogP) is 4.37. The summed E-state index contributed by atoms with van der Waals surface area (Å²) in [6.07, 6.45) is 0.434. The minimum absolute atomic E-state index is 0.370. The first kappa shape index (κ1) is 15.4. The van der Waals surface area contributed by atoms with Gasteiger partial charge < -0.3 is 10.3 Å². The Kier molecular flexibility index (Phi) is 3.74. The van der Waals surface area contributed by atoms with E-state index in [1.807, 2.05) is 25.1 Å². The molecule has 4 nitrogen and oxygen atoms in total. The average Bonchev–Trinajstić information content (AvgIpc) is 2.77. The molecule has 2 aromatic carbocycles. The summed E-state index contributed by atoms with van der Waals surface area (Å²) < 4.78 is 13.9. The minimum Gasteiger partial charge on any atom is -0.753 e. The van der Waals surface area contributed by atoms with Gasteiger partial charge in [0.05, 0.1) is 16.0 Å². The SMILES string of the molecule is CCC1=C(c2ccccc2)[N+](=O)[C@@](C)(c2ccc(F)cc2)N1[O-]. The second-order valence-electron chi connectivity index (χ2n) is 5.63. The highest BCUT2D eigenvalue weighted by Crippen LogP contribution is 2.44. The van der Waals surface area contributed by atoms with Crippen LogP contribution in [0.2, 0.25) is 0 Å². The Morgan fingerprint density at radius 2 is 1.74 bits per heavy atom. The van der Waals surface area contributed by atoms with Crippen LogP contribution < -0.4 is 0 Å². The van der Waals surface area contributed by atoms with E-state index in [9.17, 15) is 14.5 Å². The molecule has 0 aromatic heterocycles. The van der Waals surface area contributed by atoms with Crippen molar-refractivity contribution in [3.05, 3.63) is 87.4 Å². The van der Waals surface area contributed by atoms with Crippen molar-refractivity contribution >= 4 is 5.70 Å². The van der Waals surface area contributed by atoms with Crippen LogP contribution in [-0.2, 0) is 5.66 Å². The summed E-state index contributed by atoms with van der Waals surface area (Å²) in [4.78, 5) is 13.0. The molecule has 1 aliphatic rings. The van der Waals surface area contributed by atoms with E-state index >= 15 is 0 Å². The molecule has 0 aliphatic carbocycles. The smallest absolute Gasteiger partial charge is 0.306 e. The molecule has 1 atom stereocenters. The van der Waals surface area contributed by atoms with Crippen LogP contribution in [0.5, 0.6) is 0 Å². The first-order valence-corrected chi connectivity index (χ1v) is 7.49. The summed E-state index contributed by atoms with van der Waals surface area (Å²) in [5.74, 6) is -0.405. The second-order valence-corrected chi connectivity index (χ2v) is 5.63. The predicted molar refractivity (Wildman–Crippen MR) is 86.2 cm³/mol. The monoisotopic (exact) mass is 312 g/mol. The van der Waals surface area contributed by atoms with Crippen LogP contribution in [0.1, 0.15) is 31.4 Å². The molecule has 0 saturated carbocycles. The maximum atomic E-state index is 13.2. The summed E-state index contributed by atoms with van der Waals surface area (Å²) in [5.41, 5.74) is 0.518. The fourth-order valence-electron chi connectivity index (χ4n) is 2.97. The zero-order valence-electron chi connectivity index (χ0n) is 13.0. The number of allylic oxidation sites excluding steroid dienone is 1. The first-order valence-electron chi connectivity index (χ1n) is 7.49. The van der Waals surface area contributed by atoms with E-state index in [2.05, 4.69) is 0 Å². The van der Waals surface area contributed by atoms with E-state index in [0.717, 1.165) is 9.82 Å². The molecule has 3 rings (SSSR count). The molecular weight excluding hydrogens is 295 g/mol. The second kappa shape index (κ2) is 5.59.